The van der Waals surface area contributed by atoms with Gasteiger partial charge >= 0.3 is 0 Å². The third-order valence-corrected chi connectivity index (χ3v) is 2.80. The van der Waals surface area contributed by atoms with E-state index in [9.17, 15) is 14.0 Å². The van der Waals surface area contributed by atoms with Gasteiger partial charge in [-0.25, -0.2) is 4.39 Å². The number of halogens is 1. The Morgan fingerprint density at radius 1 is 1.25 bits per heavy atom. The van der Waals surface area contributed by atoms with E-state index in [1.165, 1.54) is 17.0 Å². The van der Waals surface area contributed by atoms with E-state index < -0.39 is 0 Å². The Balaban J connectivity index is 2.42. The molecule has 0 spiro atoms. The molecule has 0 unspecified atom stereocenters. The summed E-state index contributed by atoms with van der Waals surface area (Å²) >= 11 is 0. The van der Waals surface area contributed by atoms with E-state index in [4.69, 9.17) is 0 Å². The van der Waals surface area contributed by atoms with Crippen LogP contribution in [0.25, 0.3) is 0 Å². The second-order valence-electron chi connectivity index (χ2n) is 4.34. The van der Waals surface area contributed by atoms with Gasteiger partial charge in [0.15, 0.2) is 0 Å². The molecule has 0 saturated heterocycles. The van der Waals surface area contributed by atoms with Crippen LogP contribution in [0.1, 0.15) is 12.5 Å². The van der Waals surface area contributed by atoms with Gasteiger partial charge in [0.1, 0.15) is 5.82 Å². The fourth-order valence-corrected chi connectivity index (χ4v) is 1.67. The number of amides is 2. The third-order valence-electron chi connectivity index (χ3n) is 2.80. The van der Waals surface area contributed by atoms with Crippen molar-refractivity contribution in [2.75, 3.05) is 26.7 Å². The molecule has 0 aliphatic rings. The molecule has 5 nitrogen and oxygen atoms in total. The lowest BCUT2D eigenvalue weighted by Gasteiger charge is -2.20. The van der Waals surface area contributed by atoms with Gasteiger partial charge in [-0.2, -0.15) is 0 Å². The van der Waals surface area contributed by atoms with Crippen LogP contribution in [0.2, 0.25) is 0 Å². The Morgan fingerprint density at radius 3 is 2.45 bits per heavy atom. The van der Waals surface area contributed by atoms with E-state index in [0.29, 0.717) is 13.1 Å². The number of nitrogens with zero attached hydrogens (tertiary/aromatic N) is 1. The van der Waals surface area contributed by atoms with Crippen molar-refractivity contribution in [2.24, 2.45) is 0 Å². The second kappa shape index (κ2) is 8.27. The summed E-state index contributed by atoms with van der Waals surface area (Å²) in [7, 11) is 1.68. The average molecular weight is 281 g/mol. The maximum absolute atomic E-state index is 12.7. The monoisotopic (exact) mass is 281 g/mol. The van der Waals surface area contributed by atoms with E-state index in [1.807, 2.05) is 6.92 Å². The van der Waals surface area contributed by atoms with Crippen molar-refractivity contribution in [3.05, 3.63) is 35.6 Å². The normalized spacial score (nSPS) is 10.2. The van der Waals surface area contributed by atoms with Gasteiger partial charge in [0.05, 0.1) is 13.1 Å². The highest BCUT2D eigenvalue weighted by atomic mass is 19.1. The lowest BCUT2D eigenvalue weighted by molar-refractivity contribution is -0.135. The number of carbonyl (C=O) groups excluding carboxylic acids is 2. The Morgan fingerprint density at radius 2 is 1.90 bits per heavy atom. The highest BCUT2D eigenvalue weighted by Crippen LogP contribution is 2.02. The van der Waals surface area contributed by atoms with Crippen molar-refractivity contribution in [2.45, 2.75) is 13.5 Å². The first-order valence-electron chi connectivity index (χ1n) is 6.50. The van der Waals surface area contributed by atoms with Crippen LogP contribution in [0.3, 0.4) is 0 Å². The number of nitrogens with one attached hydrogen (secondary N) is 2. The molecule has 110 valence electrons. The van der Waals surface area contributed by atoms with Gasteiger partial charge in [0.25, 0.3) is 0 Å². The summed E-state index contributed by atoms with van der Waals surface area (Å²) in [6.45, 7) is 2.85. The van der Waals surface area contributed by atoms with Crippen LogP contribution in [-0.2, 0) is 16.1 Å². The molecule has 0 aliphatic carbocycles. The van der Waals surface area contributed by atoms with Crippen molar-refractivity contribution in [3.63, 3.8) is 0 Å². The predicted octanol–water partition coefficient (Wildman–Crippen LogP) is 0.510. The average Bonchev–Trinajstić information content (AvgIpc) is 2.44. The number of carbonyl (C=O) groups is 2. The Labute approximate surface area is 118 Å². The molecule has 0 aliphatic heterocycles. The molecule has 2 amide bonds. The second-order valence-corrected chi connectivity index (χ2v) is 4.34. The van der Waals surface area contributed by atoms with E-state index >= 15 is 0 Å². The summed E-state index contributed by atoms with van der Waals surface area (Å²) in [6, 6.07) is 5.91. The van der Waals surface area contributed by atoms with E-state index in [1.54, 1.807) is 19.2 Å². The minimum atomic E-state index is -0.310. The standard InChI is InChI=1S/C14H20FN3O2/c1-3-18(14(20)9-16-2)10-13(19)17-8-11-4-6-12(15)7-5-11/h4-7,16H,3,8-10H2,1-2H3,(H,17,19). The first kappa shape index (κ1) is 16.1. The molecule has 0 atom stereocenters. The minimum absolute atomic E-state index is 0.0260. The summed E-state index contributed by atoms with van der Waals surface area (Å²) in [5.41, 5.74) is 0.810. The summed E-state index contributed by atoms with van der Waals surface area (Å²) in [6.07, 6.45) is 0. The first-order chi connectivity index (χ1) is 9.56. The lowest BCUT2D eigenvalue weighted by atomic mass is 10.2. The van der Waals surface area contributed by atoms with E-state index in [-0.39, 0.29) is 30.7 Å². The molecule has 0 radical (unpaired) electrons. The van der Waals surface area contributed by atoms with E-state index in [0.717, 1.165) is 5.56 Å². The number of benzene rings is 1. The molecule has 0 heterocycles. The molecule has 20 heavy (non-hydrogen) atoms. The van der Waals surface area contributed by atoms with Crippen molar-refractivity contribution in [1.29, 1.82) is 0 Å². The van der Waals surface area contributed by atoms with Crippen molar-refractivity contribution in [1.82, 2.24) is 15.5 Å². The Bertz CT molecular complexity index is 448. The molecular weight excluding hydrogens is 261 g/mol. The van der Waals surface area contributed by atoms with Crippen LogP contribution in [0, 0.1) is 5.82 Å². The molecule has 1 aromatic carbocycles. The van der Waals surface area contributed by atoms with Gasteiger partial charge in [-0.05, 0) is 31.7 Å². The molecule has 2 N–H and O–H groups in total. The predicted molar refractivity (Wildman–Crippen MR) is 74.4 cm³/mol. The fourth-order valence-electron chi connectivity index (χ4n) is 1.67. The maximum Gasteiger partial charge on any atom is 0.239 e. The Hall–Kier alpha value is -1.95. The molecular formula is C14H20FN3O2. The molecule has 0 fully saturated rings. The largest absolute Gasteiger partial charge is 0.350 e. The zero-order chi connectivity index (χ0) is 15.0. The lowest BCUT2D eigenvalue weighted by Crippen LogP contribution is -2.43. The van der Waals surface area contributed by atoms with Gasteiger partial charge in [0.2, 0.25) is 11.8 Å². The third kappa shape index (κ3) is 5.36. The molecule has 1 rings (SSSR count). The quantitative estimate of drug-likeness (QED) is 0.765. The number of hydrogen-bond acceptors (Lipinski definition) is 3. The molecule has 0 saturated carbocycles. The minimum Gasteiger partial charge on any atom is -0.350 e. The highest BCUT2D eigenvalue weighted by molar-refractivity contribution is 5.85. The van der Waals surface area contributed by atoms with Crippen LogP contribution in [0.15, 0.2) is 24.3 Å². The van der Waals surface area contributed by atoms with Crippen LogP contribution in [-0.4, -0.2) is 43.4 Å². The molecule has 0 bridgehead atoms. The topological polar surface area (TPSA) is 61.4 Å². The van der Waals surface area contributed by atoms with Crippen LogP contribution < -0.4 is 10.6 Å². The maximum atomic E-state index is 12.7. The van der Waals surface area contributed by atoms with Crippen LogP contribution in [0.4, 0.5) is 4.39 Å². The number of rotatable bonds is 7. The van der Waals surface area contributed by atoms with Gasteiger partial charge < -0.3 is 15.5 Å². The molecule has 0 aromatic heterocycles. The zero-order valence-corrected chi connectivity index (χ0v) is 11.8. The smallest absolute Gasteiger partial charge is 0.239 e. The van der Waals surface area contributed by atoms with Gasteiger partial charge in [-0.3, -0.25) is 9.59 Å². The highest BCUT2D eigenvalue weighted by Gasteiger charge is 2.14. The first-order valence-corrected chi connectivity index (χ1v) is 6.50. The van der Waals surface area contributed by atoms with Gasteiger partial charge in [0, 0.05) is 13.1 Å². The van der Waals surface area contributed by atoms with E-state index in [2.05, 4.69) is 10.6 Å². The number of hydrogen-bond donors (Lipinski definition) is 2. The van der Waals surface area contributed by atoms with Gasteiger partial charge in [-0.15, -0.1) is 0 Å². The molecule has 1 aromatic rings. The summed E-state index contributed by atoms with van der Waals surface area (Å²) in [4.78, 5) is 24.9. The van der Waals surface area contributed by atoms with Crippen molar-refractivity contribution in [3.8, 4) is 0 Å². The zero-order valence-electron chi connectivity index (χ0n) is 11.8. The van der Waals surface area contributed by atoms with Gasteiger partial charge in [-0.1, -0.05) is 12.1 Å². The SMILES string of the molecule is CCN(CC(=O)NCc1ccc(F)cc1)C(=O)CNC. The summed E-state index contributed by atoms with van der Waals surface area (Å²) < 4.78 is 12.7. The Kier molecular flexibility index (Phi) is 6.66. The van der Waals surface area contributed by atoms with Crippen LogP contribution >= 0.6 is 0 Å². The molecule has 6 heteroatoms. The van der Waals surface area contributed by atoms with Crippen molar-refractivity contribution >= 4 is 11.8 Å². The van der Waals surface area contributed by atoms with Crippen molar-refractivity contribution < 1.29 is 14.0 Å². The number of likely N-dealkylation sites (N-methyl/N-ethyl adjacent to an activating group) is 2. The summed E-state index contributed by atoms with van der Waals surface area (Å²) in [5.74, 6) is -0.664. The fraction of sp³-hybridized carbons (Fsp3) is 0.429. The summed E-state index contributed by atoms with van der Waals surface area (Å²) in [5, 5.41) is 5.46. The van der Waals surface area contributed by atoms with Crippen LogP contribution in [0.5, 0.6) is 0 Å².